The van der Waals surface area contributed by atoms with E-state index < -0.39 is 16.8 Å². The molecule has 0 amide bonds. The summed E-state index contributed by atoms with van der Waals surface area (Å²) in [5.41, 5.74) is 5.95. The predicted molar refractivity (Wildman–Crippen MR) is 79.9 cm³/mol. The Bertz CT molecular complexity index is 692. The van der Waals surface area contributed by atoms with Gasteiger partial charge in [0.25, 0.3) is 0 Å². The van der Waals surface area contributed by atoms with Crippen molar-refractivity contribution in [3.63, 3.8) is 0 Å². The van der Waals surface area contributed by atoms with Gasteiger partial charge >= 0.3 is 5.69 Å². The summed E-state index contributed by atoms with van der Waals surface area (Å²) in [6.07, 6.45) is 0. The number of hydrogen-bond donors (Lipinski definition) is 1. The van der Waals surface area contributed by atoms with Gasteiger partial charge < -0.3 is 10.5 Å². The van der Waals surface area contributed by atoms with Crippen LogP contribution in [0.3, 0.4) is 0 Å². The molecule has 0 saturated heterocycles. The lowest BCUT2D eigenvalue weighted by Crippen LogP contribution is -2.08. The molecule has 0 radical (unpaired) electrons. The summed E-state index contributed by atoms with van der Waals surface area (Å²) < 4.78 is 19.8. The van der Waals surface area contributed by atoms with Crippen molar-refractivity contribution in [2.45, 2.75) is 13.0 Å². The summed E-state index contributed by atoms with van der Waals surface area (Å²) in [5.74, 6) is -0.799. The quantitative estimate of drug-likeness (QED) is 0.655. The van der Waals surface area contributed by atoms with Gasteiger partial charge in [-0.05, 0) is 35.0 Å². The molecular formula is C14H12BrFN2O3. The van der Waals surface area contributed by atoms with Crippen molar-refractivity contribution < 1.29 is 14.1 Å². The first-order valence-corrected chi connectivity index (χ1v) is 6.86. The average Bonchev–Trinajstić information content (AvgIpc) is 2.42. The number of ether oxygens (including phenoxy) is 1. The molecule has 7 heteroatoms. The molecule has 0 unspecified atom stereocenters. The monoisotopic (exact) mass is 354 g/mol. The van der Waals surface area contributed by atoms with Crippen molar-refractivity contribution >= 4 is 21.6 Å². The van der Waals surface area contributed by atoms with Crippen LogP contribution in [0.4, 0.5) is 10.1 Å². The second-order valence-corrected chi connectivity index (χ2v) is 5.25. The van der Waals surface area contributed by atoms with E-state index in [0.29, 0.717) is 10.0 Å². The third kappa shape index (κ3) is 3.20. The molecule has 0 aliphatic carbocycles. The maximum absolute atomic E-state index is 14.0. The van der Waals surface area contributed by atoms with Gasteiger partial charge in [0.05, 0.1) is 9.40 Å². The fourth-order valence-corrected chi connectivity index (χ4v) is 2.27. The molecule has 0 aliphatic rings. The molecule has 0 spiro atoms. The molecule has 2 aromatic rings. The highest BCUT2D eigenvalue weighted by Gasteiger charge is 2.22. The number of benzene rings is 2. The molecule has 1 atom stereocenters. The van der Waals surface area contributed by atoms with Gasteiger partial charge in [-0.1, -0.05) is 18.2 Å². The zero-order valence-electron chi connectivity index (χ0n) is 11.0. The molecule has 0 heterocycles. The van der Waals surface area contributed by atoms with Crippen LogP contribution < -0.4 is 10.5 Å². The molecule has 0 aromatic heterocycles. The molecule has 0 saturated carbocycles. The number of halogens is 2. The number of rotatable bonds is 4. The number of hydrogen-bond acceptors (Lipinski definition) is 4. The fraction of sp³-hybridized carbons (Fsp3) is 0.143. The summed E-state index contributed by atoms with van der Waals surface area (Å²) in [5, 5.41) is 11.1. The molecule has 5 nitrogen and oxygen atoms in total. The zero-order valence-corrected chi connectivity index (χ0v) is 12.6. The minimum atomic E-state index is -0.630. The van der Waals surface area contributed by atoms with Crippen molar-refractivity contribution in [2.24, 2.45) is 5.73 Å². The SMILES string of the molecule is C[C@@H](N)c1cccc(F)c1Oc1c(Br)cccc1[N+](=O)[O-]. The Morgan fingerprint density at radius 1 is 1.29 bits per heavy atom. The lowest BCUT2D eigenvalue weighted by Gasteiger charge is -2.15. The van der Waals surface area contributed by atoms with Crippen LogP contribution in [0.2, 0.25) is 0 Å². The molecule has 110 valence electrons. The third-order valence-electron chi connectivity index (χ3n) is 2.84. The Labute approximate surface area is 128 Å². The summed E-state index contributed by atoms with van der Waals surface area (Å²) in [7, 11) is 0. The van der Waals surface area contributed by atoms with E-state index in [0.717, 1.165) is 0 Å². The molecule has 0 fully saturated rings. The van der Waals surface area contributed by atoms with E-state index >= 15 is 0 Å². The summed E-state index contributed by atoms with van der Waals surface area (Å²) in [6.45, 7) is 1.68. The van der Waals surface area contributed by atoms with Gasteiger partial charge in [-0.25, -0.2) is 4.39 Å². The van der Waals surface area contributed by atoms with E-state index in [2.05, 4.69) is 15.9 Å². The van der Waals surface area contributed by atoms with Gasteiger partial charge in [0.1, 0.15) is 0 Å². The van der Waals surface area contributed by atoms with Crippen molar-refractivity contribution in [1.29, 1.82) is 0 Å². The fourth-order valence-electron chi connectivity index (χ4n) is 1.84. The smallest absolute Gasteiger partial charge is 0.312 e. The summed E-state index contributed by atoms with van der Waals surface area (Å²) >= 11 is 3.18. The van der Waals surface area contributed by atoms with E-state index in [-0.39, 0.29) is 17.2 Å². The van der Waals surface area contributed by atoms with Gasteiger partial charge in [-0.3, -0.25) is 10.1 Å². The summed E-state index contributed by atoms with van der Waals surface area (Å²) in [6, 6.07) is 8.23. The van der Waals surface area contributed by atoms with Crippen LogP contribution in [-0.4, -0.2) is 4.92 Å². The van der Waals surface area contributed by atoms with Crippen LogP contribution >= 0.6 is 15.9 Å². The Morgan fingerprint density at radius 3 is 2.57 bits per heavy atom. The normalized spacial score (nSPS) is 12.0. The summed E-state index contributed by atoms with van der Waals surface area (Å²) in [4.78, 5) is 10.5. The first-order valence-electron chi connectivity index (χ1n) is 6.06. The molecule has 2 aromatic carbocycles. The minimum absolute atomic E-state index is 0.0606. The first kappa shape index (κ1) is 15.4. The second kappa shape index (κ2) is 6.19. The maximum Gasteiger partial charge on any atom is 0.312 e. The number of para-hydroxylation sites is 2. The van der Waals surface area contributed by atoms with Crippen molar-refractivity contribution in [3.8, 4) is 11.5 Å². The first-order chi connectivity index (χ1) is 9.91. The third-order valence-corrected chi connectivity index (χ3v) is 3.46. The van der Waals surface area contributed by atoms with E-state index in [4.69, 9.17) is 10.5 Å². The van der Waals surface area contributed by atoms with Crippen LogP contribution in [0.25, 0.3) is 0 Å². The lowest BCUT2D eigenvalue weighted by atomic mass is 10.1. The Morgan fingerprint density at radius 2 is 1.95 bits per heavy atom. The molecule has 0 aliphatic heterocycles. The standard InChI is InChI=1S/C14H12BrFN2O3/c1-8(17)9-4-2-6-11(16)13(9)21-14-10(15)5-3-7-12(14)18(19)20/h2-8H,17H2,1H3/t8-/m1/s1. The Hall–Kier alpha value is -1.99. The van der Waals surface area contributed by atoms with Crippen molar-refractivity contribution in [2.75, 3.05) is 0 Å². The van der Waals surface area contributed by atoms with Gasteiger partial charge in [-0.15, -0.1) is 0 Å². The van der Waals surface area contributed by atoms with Crippen LogP contribution in [0, 0.1) is 15.9 Å². The molecular weight excluding hydrogens is 343 g/mol. The van der Waals surface area contributed by atoms with Crippen LogP contribution in [0.15, 0.2) is 40.9 Å². The van der Waals surface area contributed by atoms with Gasteiger partial charge in [0.2, 0.25) is 5.75 Å². The topological polar surface area (TPSA) is 78.4 Å². The van der Waals surface area contributed by atoms with Crippen LogP contribution in [-0.2, 0) is 0 Å². The highest BCUT2D eigenvalue weighted by atomic mass is 79.9. The van der Waals surface area contributed by atoms with E-state index in [1.165, 1.54) is 24.3 Å². The van der Waals surface area contributed by atoms with E-state index in [9.17, 15) is 14.5 Å². The largest absolute Gasteiger partial charge is 0.445 e. The molecule has 0 bridgehead atoms. The zero-order chi connectivity index (χ0) is 15.6. The minimum Gasteiger partial charge on any atom is -0.445 e. The predicted octanol–water partition coefficient (Wildman–Crippen LogP) is 4.31. The van der Waals surface area contributed by atoms with Gasteiger partial charge in [0, 0.05) is 17.7 Å². The molecule has 21 heavy (non-hydrogen) atoms. The highest BCUT2D eigenvalue weighted by molar-refractivity contribution is 9.10. The van der Waals surface area contributed by atoms with Crippen molar-refractivity contribution in [1.82, 2.24) is 0 Å². The number of nitrogens with zero attached hydrogens (tertiary/aromatic N) is 1. The number of nitro groups is 1. The van der Waals surface area contributed by atoms with Gasteiger partial charge in [-0.2, -0.15) is 0 Å². The second-order valence-electron chi connectivity index (χ2n) is 4.39. The number of nitro benzene ring substituents is 1. The maximum atomic E-state index is 14.0. The Balaban J connectivity index is 2.56. The molecule has 2 rings (SSSR count). The van der Waals surface area contributed by atoms with Crippen LogP contribution in [0.1, 0.15) is 18.5 Å². The van der Waals surface area contributed by atoms with Gasteiger partial charge in [0.15, 0.2) is 11.6 Å². The Kier molecular flexibility index (Phi) is 4.54. The highest BCUT2D eigenvalue weighted by Crippen LogP contribution is 2.40. The van der Waals surface area contributed by atoms with Crippen molar-refractivity contribution in [3.05, 3.63) is 62.4 Å². The van der Waals surface area contributed by atoms with Crippen LogP contribution in [0.5, 0.6) is 11.5 Å². The van der Waals surface area contributed by atoms with E-state index in [1.54, 1.807) is 19.1 Å². The lowest BCUT2D eigenvalue weighted by molar-refractivity contribution is -0.385. The number of nitrogens with two attached hydrogens (primary N) is 1. The van der Waals surface area contributed by atoms with E-state index in [1.807, 2.05) is 0 Å². The molecule has 2 N–H and O–H groups in total. The average molecular weight is 355 g/mol.